The van der Waals surface area contributed by atoms with E-state index in [1.807, 2.05) is 11.7 Å². The number of halogens is 1. The Balaban J connectivity index is 2.13. The van der Waals surface area contributed by atoms with Gasteiger partial charge in [-0.25, -0.2) is 0 Å². The second-order valence-electron chi connectivity index (χ2n) is 4.46. The number of ketones is 1. The van der Waals surface area contributed by atoms with Crippen molar-refractivity contribution in [3.63, 3.8) is 0 Å². The maximum absolute atomic E-state index is 11.9. The van der Waals surface area contributed by atoms with Crippen LogP contribution in [0.25, 0.3) is 0 Å². The molecule has 0 spiro atoms. The van der Waals surface area contributed by atoms with Crippen LogP contribution in [0.4, 0.5) is 0 Å². The SMILES string of the molecule is CCc1nn(C)c(CC(=O)C2CCC2)c1Br. The number of carbonyl (C=O) groups excluding carboxylic acids is 1. The lowest BCUT2D eigenvalue weighted by atomic mass is 9.81. The predicted molar refractivity (Wildman–Crippen MR) is 66.3 cm³/mol. The van der Waals surface area contributed by atoms with Crippen molar-refractivity contribution >= 4 is 21.7 Å². The molecule has 0 aromatic carbocycles. The molecule has 0 radical (unpaired) electrons. The number of hydrogen-bond donors (Lipinski definition) is 0. The first-order valence-electron chi connectivity index (χ1n) is 5.86. The van der Waals surface area contributed by atoms with Gasteiger partial charge in [-0.15, -0.1) is 0 Å². The van der Waals surface area contributed by atoms with Crippen molar-refractivity contribution in [1.29, 1.82) is 0 Å². The van der Waals surface area contributed by atoms with Crippen LogP contribution in [0.5, 0.6) is 0 Å². The Morgan fingerprint density at radius 2 is 2.25 bits per heavy atom. The molecule has 1 aliphatic carbocycles. The summed E-state index contributed by atoms with van der Waals surface area (Å²) in [5.74, 6) is 0.685. The molecule has 1 saturated carbocycles. The van der Waals surface area contributed by atoms with Gasteiger partial charge in [0, 0.05) is 19.4 Å². The number of Topliss-reactive ketones (excluding diaryl/α,β-unsaturated/α-hetero) is 1. The van der Waals surface area contributed by atoms with Crippen LogP contribution in [-0.2, 0) is 24.7 Å². The van der Waals surface area contributed by atoms with Gasteiger partial charge in [0.05, 0.1) is 15.9 Å². The first kappa shape index (κ1) is 11.8. The van der Waals surface area contributed by atoms with Crippen LogP contribution in [0, 0.1) is 5.92 Å². The van der Waals surface area contributed by atoms with Crippen molar-refractivity contribution in [2.45, 2.75) is 39.0 Å². The van der Waals surface area contributed by atoms with Crippen molar-refractivity contribution in [2.24, 2.45) is 13.0 Å². The summed E-state index contributed by atoms with van der Waals surface area (Å²) in [5, 5.41) is 4.40. The first-order chi connectivity index (χ1) is 7.63. The molecule has 0 atom stereocenters. The Morgan fingerprint density at radius 1 is 1.56 bits per heavy atom. The lowest BCUT2D eigenvalue weighted by molar-refractivity contribution is -0.124. The number of nitrogens with zero attached hydrogens (tertiary/aromatic N) is 2. The quantitative estimate of drug-likeness (QED) is 0.852. The van der Waals surface area contributed by atoms with E-state index in [0.717, 1.165) is 35.1 Å². The largest absolute Gasteiger partial charge is 0.299 e. The van der Waals surface area contributed by atoms with Gasteiger partial charge in [0.25, 0.3) is 0 Å². The molecule has 4 heteroatoms. The van der Waals surface area contributed by atoms with Gasteiger partial charge in [-0.3, -0.25) is 9.48 Å². The van der Waals surface area contributed by atoms with Crippen LogP contribution in [0.15, 0.2) is 4.47 Å². The zero-order chi connectivity index (χ0) is 11.7. The summed E-state index contributed by atoms with van der Waals surface area (Å²) in [6.45, 7) is 2.07. The van der Waals surface area contributed by atoms with Crippen molar-refractivity contribution < 1.29 is 4.79 Å². The summed E-state index contributed by atoms with van der Waals surface area (Å²) >= 11 is 3.54. The fraction of sp³-hybridized carbons (Fsp3) is 0.667. The van der Waals surface area contributed by atoms with E-state index in [4.69, 9.17) is 0 Å². The van der Waals surface area contributed by atoms with E-state index in [1.165, 1.54) is 6.42 Å². The molecule has 2 rings (SSSR count). The van der Waals surface area contributed by atoms with Crippen LogP contribution >= 0.6 is 15.9 Å². The highest BCUT2D eigenvalue weighted by Gasteiger charge is 2.26. The number of carbonyl (C=O) groups is 1. The summed E-state index contributed by atoms with van der Waals surface area (Å²) < 4.78 is 2.85. The molecule has 1 fully saturated rings. The van der Waals surface area contributed by atoms with Gasteiger partial charge in [-0.2, -0.15) is 5.10 Å². The first-order valence-corrected chi connectivity index (χ1v) is 6.65. The fourth-order valence-corrected chi connectivity index (χ4v) is 2.81. The highest BCUT2D eigenvalue weighted by molar-refractivity contribution is 9.10. The zero-order valence-electron chi connectivity index (χ0n) is 9.79. The number of aromatic nitrogens is 2. The van der Waals surface area contributed by atoms with Crippen LogP contribution in [0.2, 0.25) is 0 Å². The summed E-state index contributed by atoms with van der Waals surface area (Å²) in [6, 6.07) is 0. The fourth-order valence-electron chi connectivity index (χ4n) is 2.05. The van der Waals surface area contributed by atoms with E-state index in [0.29, 0.717) is 18.1 Å². The minimum Gasteiger partial charge on any atom is -0.299 e. The summed E-state index contributed by atoms with van der Waals surface area (Å²) in [5.41, 5.74) is 2.06. The highest BCUT2D eigenvalue weighted by atomic mass is 79.9. The van der Waals surface area contributed by atoms with E-state index in [-0.39, 0.29) is 0 Å². The van der Waals surface area contributed by atoms with Crippen molar-refractivity contribution in [1.82, 2.24) is 9.78 Å². The van der Waals surface area contributed by atoms with Crippen molar-refractivity contribution in [3.05, 3.63) is 15.9 Å². The summed E-state index contributed by atoms with van der Waals surface area (Å²) in [6.07, 6.45) is 4.79. The standard InChI is InChI=1S/C12H17BrN2O/c1-3-9-12(13)10(15(2)14-9)7-11(16)8-5-4-6-8/h8H,3-7H2,1-2H3. The topological polar surface area (TPSA) is 34.9 Å². The maximum atomic E-state index is 11.9. The highest BCUT2D eigenvalue weighted by Crippen LogP contribution is 2.30. The molecule has 0 aliphatic heterocycles. The lowest BCUT2D eigenvalue weighted by Crippen LogP contribution is -2.24. The predicted octanol–water partition coefficient (Wildman–Crippen LogP) is 2.66. The van der Waals surface area contributed by atoms with Gasteiger partial charge in [0.2, 0.25) is 0 Å². The molecule has 0 amide bonds. The number of hydrogen-bond acceptors (Lipinski definition) is 2. The van der Waals surface area contributed by atoms with Crippen LogP contribution < -0.4 is 0 Å². The molecule has 3 nitrogen and oxygen atoms in total. The molecule has 88 valence electrons. The molecular weight excluding hydrogens is 268 g/mol. The molecule has 0 unspecified atom stereocenters. The van der Waals surface area contributed by atoms with Crippen LogP contribution in [0.3, 0.4) is 0 Å². The second-order valence-corrected chi connectivity index (χ2v) is 5.25. The minimum atomic E-state index is 0.312. The molecular formula is C12H17BrN2O. The van der Waals surface area contributed by atoms with E-state index in [1.54, 1.807) is 0 Å². The lowest BCUT2D eigenvalue weighted by Gasteiger charge is -2.23. The summed E-state index contributed by atoms with van der Waals surface area (Å²) in [7, 11) is 1.91. The van der Waals surface area contributed by atoms with Crippen LogP contribution in [-0.4, -0.2) is 15.6 Å². The summed E-state index contributed by atoms with van der Waals surface area (Å²) in [4.78, 5) is 11.9. The average molecular weight is 285 g/mol. The smallest absolute Gasteiger partial charge is 0.141 e. The Kier molecular flexibility index (Phi) is 3.47. The van der Waals surface area contributed by atoms with Gasteiger partial charge in [0.15, 0.2) is 0 Å². The minimum absolute atomic E-state index is 0.312. The number of rotatable bonds is 4. The monoisotopic (exact) mass is 284 g/mol. The molecule has 1 aliphatic rings. The number of aryl methyl sites for hydroxylation is 2. The Hall–Kier alpha value is -0.640. The molecule has 1 heterocycles. The van der Waals surface area contributed by atoms with E-state index in [9.17, 15) is 4.79 Å². The maximum Gasteiger partial charge on any atom is 0.141 e. The van der Waals surface area contributed by atoms with Gasteiger partial charge in [0.1, 0.15) is 5.78 Å². The molecule has 1 aromatic rings. The Bertz CT molecular complexity index is 407. The van der Waals surface area contributed by atoms with Gasteiger partial charge in [-0.1, -0.05) is 13.3 Å². The third-order valence-corrected chi connectivity index (χ3v) is 4.32. The molecule has 0 bridgehead atoms. The third kappa shape index (κ3) is 2.08. The van der Waals surface area contributed by atoms with Gasteiger partial charge < -0.3 is 0 Å². The molecule has 1 aromatic heterocycles. The van der Waals surface area contributed by atoms with Crippen LogP contribution in [0.1, 0.15) is 37.6 Å². The van der Waals surface area contributed by atoms with Gasteiger partial charge in [-0.05, 0) is 35.2 Å². The second kappa shape index (κ2) is 4.70. The molecule has 0 saturated heterocycles. The van der Waals surface area contributed by atoms with Gasteiger partial charge >= 0.3 is 0 Å². The molecule has 16 heavy (non-hydrogen) atoms. The zero-order valence-corrected chi connectivity index (χ0v) is 11.4. The third-order valence-electron chi connectivity index (χ3n) is 3.41. The average Bonchev–Trinajstić information content (AvgIpc) is 2.42. The van der Waals surface area contributed by atoms with E-state index in [2.05, 4.69) is 28.0 Å². The van der Waals surface area contributed by atoms with E-state index >= 15 is 0 Å². The Labute approximate surface area is 104 Å². The molecule has 0 N–H and O–H groups in total. The normalized spacial score (nSPS) is 16.2. The Morgan fingerprint density at radius 3 is 2.69 bits per heavy atom. The van der Waals surface area contributed by atoms with Crippen molar-refractivity contribution in [3.8, 4) is 0 Å². The van der Waals surface area contributed by atoms with E-state index < -0.39 is 0 Å². The van der Waals surface area contributed by atoms with Crippen molar-refractivity contribution in [2.75, 3.05) is 0 Å².